The fraction of sp³-hybridized carbons (Fsp3) is 0.435. The van der Waals surface area contributed by atoms with Gasteiger partial charge in [-0.05, 0) is 48.6 Å². The van der Waals surface area contributed by atoms with E-state index in [9.17, 15) is 4.79 Å². The van der Waals surface area contributed by atoms with Gasteiger partial charge < -0.3 is 19.5 Å². The summed E-state index contributed by atoms with van der Waals surface area (Å²) in [6, 6.07) is 11.7. The number of benzene rings is 2. The quantitative estimate of drug-likeness (QED) is 0.805. The van der Waals surface area contributed by atoms with Crippen molar-refractivity contribution in [2.75, 3.05) is 19.8 Å². The third-order valence-corrected chi connectivity index (χ3v) is 4.87. The highest BCUT2D eigenvalue weighted by atomic mass is 16.5. The minimum Gasteiger partial charge on any atom is -0.490 e. The van der Waals surface area contributed by atoms with Gasteiger partial charge in [0.05, 0.1) is 19.3 Å². The third kappa shape index (κ3) is 4.77. The molecule has 0 radical (unpaired) electrons. The Morgan fingerprint density at radius 2 is 1.75 bits per heavy atom. The van der Waals surface area contributed by atoms with Gasteiger partial charge in [0.2, 0.25) is 0 Å². The molecule has 2 aromatic carbocycles. The zero-order valence-corrected chi connectivity index (χ0v) is 17.1. The number of carbonyl (C=O) groups is 1. The van der Waals surface area contributed by atoms with Crippen LogP contribution < -0.4 is 19.5 Å². The van der Waals surface area contributed by atoms with Crippen molar-refractivity contribution < 1.29 is 19.0 Å². The first-order chi connectivity index (χ1) is 13.5. The van der Waals surface area contributed by atoms with E-state index in [-0.39, 0.29) is 24.5 Å². The topological polar surface area (TPSA) is 56.8 Å². The second-order valence-corrected chi connectivity index (χ2v) is 7.56. The lowest BCUT2D eigenvalue weighted by Gasteiger charge is -2.24. The van der Waals surface area contributed by atoms with E-state index >= 15 is 0 Å². The molecule has 1 N–H and O–H groups in total. The molecule has 5 nitrogen and oxygen atoms in total. The van der Waals surface area contributed by atoms with Gasteiger partial charge >= 0.3 is 0 Å². The average molecular weight is 383 g/mol. The summed E-state index contributed by atoms with van der Waals surface area (Å²) in [6.45, 7) is 9.41. The van der Waals surface area contributed by atoms with E-state index in [1.54, 1.807) is 0 Å². The fourth-order valence-electron chi connectivity index (χ4n) is 3.39. The molecule has 0 unspecified atom stereocenters. The Kier molecular flexibility index (Phi) is 6.45. The highest BCUT2D eigenvalue weighted by molar-refractivity contribution is 5.78. The summed E-state index contributed by atoms with van der Waals surface area (Å²) in [7, 11) is 0. The standard InChI is InChI=1S/C23H29NO4/c1-15(2)22(18-9-10-19-20(13-18)27-12-6-11-26-19)24-21(25)14-28-23-16(3)7-5-8-17(23)4/h5,7-10,13,15,22H,6,11-12,14H2,1-4H3,(H,24,25)/t22-/m1/s1. The summed E-state index contributed by atoms with van der Waals surface area (Å²) >= 11 is 0. The lowest BCUT2D eigenvalue weighted by molar-refractivity contribution is -0.124. The van der Waals surface area contributed by atoms with Crippen molar-refractivity contribution in [3.8, 4) is 17.2 Å². The van der Waals surface area contributed by atoms with Crippen LogP contribution in [0.15, 0.2) is 36.4 Å². The number of hydrogen-bond donors (Lipinski definition) is 1. The predicted molar refractivity (Wildman–Crippen MR) is 109 cm³/mol. The molecule has 0 aliphatic carbocycles. The second-order valence-electron chi connectivity index (χ2n) is 7.56. The zero-order chi connectivity index (χ0) is 20.1. The minimum absolute atomic E-state index is 0.0144. The van der Waals surface area contributed by atoms with Gasteiger partial charge in [-0.25, -0.2) is 0 Å². The molecule has 5 heteroatoms. The van der Waals surface area contributed by atoms with Gasteiger partial charge in [-0.15, -0.1) is 0 Å². The molecular weight excluding hydrogens is 354 g/mol. The number of para-hydroxylation sites is 1. The van der Waals surface area contributed by atoms with Crippen molar-refractivity contribution in [3.05, 3.63) is 53.1 Å². The van der Waals surface area contributed by atoms with Crippen LogP contribution in [0.5, 0.6) is 17.2 Å². The van der Waals surface area contributed by atoms with Crippen LogP contribution in [-0.4, -0.2) is 25.7 Å². The van der Waals surface area contributed by atoms with E-state index in [1.165, 1.54) is 0 Å². The third-order valence-electron chi connectivity index (χ3n) is 4.87. The molecule has 0 bridgehead atoms. The molecular formula is C23H29NO4. The van der Waals surface area contributed by atoms with Crippen molar-refractivity contribution in [2.45, 2.75) is 40.2 Å². The van der Waals surface area contributed by atoms with Crippen LogP contribution >= 0.6 is 0 Å². The van der Waals surface area contributed by atoms with Gasteiger partial charge in [0.1, 0.15) is 5.75 Å². The normalized spacial score (nSPS) is 14.3. The van der Waals surface area contributed by atoms with Crippen molar-refractivity contribution in [1.29, 1.82) is 0 Å². The number of carbonyl (C=O) groups excluding carboxylic acids is 1. The highest BCUT2D eigenvalue weighted by Crippen LogP contribution is 2.34. The van der Waals surface area contributed by atoms with Gasteiger partial charge in [0, 0.05) is 6.42 Å². The fourth-order valence-corrected chi connectivity index (χ4v) is 3.39. The molecule has 0 saturated heterocycles. The maximum atomic E-state index is 12.6. The molecule has 1 aliphatic heterocycles. The monoisotopic (exact) mass is 383 g/mol. The van der Waals surface area contributed by atoms with E-state index in [0.29, 0.717) is 13.2 Å². The molecule has 150 valence electrons. The van der Waals surface area contributed by atoms with Crippen LogP contribution in [0.25, 0.3) is 0 Å². The van der Waals surface area contributed by atoms with E-state index in [2.05, 4.69) is 19.2 Å². The Bertz CT molecular complexity index is 811. The van der Waals surface area contributed by atoms with Gasteiger partial charge in [-0.1, -0.05) is 38.1 Å². The number of amides is 1. The summed E-state index contributed by atoms with van der Waals surface area (Å²) in [6.07, 6.45) is 0.865. The van der Waals surface area contributed by atoms with Crippen molar-refractivity contribution in [2.24, 2.45) is 5.92 Å². The molecule has 3 rings (SSSR count). The summed E-state index contributed by atoms with van der Waals surface area (Å²) in [4.78, 5) is 12.6. The molecule has 1 heterocycles. The first-order valence-corrected chi connectivity index (χ1v) is 9.83. The molecule has 1 atom stereocenters. The zero-order valence-electron chi connectivity index (χ0n) is 17.1. The molecule has 2 aromatic rings. The van der Waals surface area contributed by atoms with Crippen LogP contribution in [0.3, 0.4) is 0 Å². The van der Waals surface area contributed by atoms with Crippen molar-refractivity contribution in [3.63, 3.8) is 0 Å². The van der Waals surface area contributed by atoms with Crippen LogP contribution in [0.2, 0.25) is 0 Å². The number of nitrogens with one attached hydrogen (secondary N) is 1. The summed E-state index contributed by atoms with van der Waals surface area (Å²) in [5.74, 6) is 2.34. The van der Waals surface area contributed by atoms with Gasteiger partial charge in [-0.2, -0.15) is 0 Å². The molecule has 28 heavy (non-hydrogen) atoms. The maximum Gasteiger partial charge on any atom is 0.258 e. The number of aryl methyl sites for hydroxylation is 2. The van der Waals surface area contributed by atoms with E-state index in [4.69, 9.17) is 14.2 Å². The largest absolute Gasteiger partial charge is 0.490 e. The maximum absolute atomic E-state index is 12.6. The predicted octanol–water partition coefficient (Wildman–Crippen LogP) is 4.36. The van der Waals surface area contributed by atoms with Gasteiger partial charge in [0.25, 0.3) is 5.91 Å². The highest BCUT2D eigenvalue weighted by Gasteiger charge is 2.21. The van der Waals surface area contributed by atoms with Crippen LogP contribution in [0.4, 0.5) is 0 Å². The Labute approximate surface area is 167 Å². The Morgan fingerprint density at radius 1 is 1.07 bits per heavy atom. The number of fused-ring (bicyclic) bond motifs is 1. The number of ether oxygens (including phenoxy) is 3. The lowest BCUT2D eigenvalue weighted by Crippen LogP contribution is -2.35. The van der Waals surface area contributed by atoms with Crippen LogP contribution in [0.1, 0.15) is 43.0 Å². The molecule has 1 aliphatic rings. The summed E-state index contributed by atoms with van der Waals surface area (Å²) in [5, 5.41) is 3.10. The van der Waals surface area contributed by atoms with Gasteiger partial charge in [-0.3, -0.25) is 4.79 Å². The van der Waals surface area contributed by atoms with Crippen LogP contribution in [-0.2, 0) is 4.79 Å². The van der Waals surface area contributed by atoms with E-state index in [1.807, 2.05) is 50.2 Å². The number of hydrogen-bond acceptors (Lipinski definition) is 4. The van der Waals surface area contributed by atoms with Gasteiger partial charge in [0.15, 0.2) is 18.1 Å². The summed E-state index contributed by atoms with van der Waals surface area (Å²) < 4.78 is 17.3. The Morgan fingerprint density at radius 3 is 2.43 bits per heavy atom. The smallest absolute Gasteiger partial charge is 0.258 e. The lowest BCUT2D eigenvalue weighted by atomic mass is 9.95. The first-order valence-electron chi connectivity index (χ1n) is 9.83. The minimum atomic E-state index is -0.145. The van der Waals surface area contributed by atoms with Crippen molar-refractivity contribution in [1.82, 2.24) is 5.32 Å². The Hall–Kier alpha value is -2.69. The van der Waals surface area contributed by atoms with Crippen LogP contribution in [0, 0.1) is 19.8 Å². The number of rotatable bonds is 6. The molecule has 0 aromatic heterocycles. The van der Waals surface area contributed by atoms with E-state index in [0.717, 1.165) is 40.4 Å². The average Bonchev–Trinajstić information content (AvgIpc) is 2.90. The second kappa shape index (κ2) is 9.00. The molecule has 1 amide bonds. The summed E-state index contributed by atoms with van der Waals surface area (Å²) in [5.41, 5.74) is 3.05. The molecule has 0 saturated carbocycles. The first kappa shape index (κ1) is 20.1. The Balaban J connectivity index is 1.69. The van der Waals surface area contributed by atoms with E-state index < -0.39 is 0 Å². The molecule has 0 fully saturated rings. The molecule has 0 spiro atoms. The SMILES string of the molecule is Cc1cccc(C)c1OCC(=O)N[C@@H](c1ccc2c(c1)OCCCO2)C(C)C. The van der Waals surface area contributed by atoms with Crippen molar-refractivity contribution >= 4 is 5.91 Å².